The van der Waals surface area contributed by atoms with Gasteiger partial charge < -0.3 is 9.47 Å². The molecule has 0 radical (unpaired) electrons. The predicted molar refractivity (Wildman–Crippen MR) is 57.7 cm³/mol. The van der Waals surface area contributed by atoms with Gasteiger partial charge in [-0.25, -0.2) is 0 Å². The molecule has 0 bridgehead atoms. The van der Waals surface area contributed by atoms with Crippen molar-refractivity contribution < 1.29 is 14.3 Å². The van der Waals surface area contributed by atoms with E-state index in [1.807, 2.05) is 13.8 Å². The van der Waals surface area contributed by atoms with Gasteiger partial charge in [0, 0.05) is 19.0 Å². The topological polar surface area (TPSA) is 38.8 Å². The molecule has 1 unspecified atom stereocenters. The highest BCUT2D eigenvalue weighted by Gasteiger charge is 2.13. The molecule has 1 fully saturated rings. The molecule has 0 saturated carbocycles. The molecule has 88 valence electrons. The van der Waals surface area contributed by atoms with Crippen LogP contribution in [0, 0.1) is 5.92 Å². The third-order valence-corrected chi connectivity index (χ3v) is 2.78. The second-order valence-corrected chi connectivity index (χ2v) is 3.98. The van der Waals surface area contributed by atoms with Gasteiger partial charge in [-0.1, -0.05) is 13.8 Å². The van der Waals surface area contributed by atoms with Crippen molar-refractivity contribution in [2.45, 2.75) is 20.3 Å². The Morgan fingerprint density at radius 3 is 2.73 bits per heavy atom. The molecular formula is C11H21NO3. The molecule has 4 nitrogen and oxygen atoms in total. The summed E-state index contributed by atoms with van der Waals surface area (Å²) in [6.07, 6.45) is 0.889. The summed E-state index contributed by atoms with van der Waals surface area (Å²) in [6, 6.07) is 0. The first-order valence-corrected chi connectivity index (χ1v) is 5.64. The number of carbonyl (C=O) groups is 1. The summed E-state index contributed by atoms with van der Waals surface area (Å²) in [7, 11) is 0. The van der Waals surface area contributed by atoms with Gasteiger partial charge in [0.05, 0.1) is 19.9 Å². The summed E-state index contributed by atoms with van der Waals surface area (Å²) < 4.78 is 10.6. The largest absolute Gasteiger partial charge is 0.379 e. The fourth-order valence-corrected chi connectivity index (χ4v) is 1.38. The lowest BCUT2D eigenvalue weighted by atomic mass is 10.1. The number of hydrogen-bond acceptors (Lipinski definition) is 4. The SMILES string of the molecule is CCC(C)C(=O)COCN1CCOCC1. The van der Waals surface area contributed by atoms with Crippen LogP contribution in [0.2, 0.25) is 0 Å². The van der Waals surface area contributed by atoms with Crippen molar-refractivity contribution in [1.29, 1.82) is 0 Å². The predicted octanol–water partition coefficient (Wildman–Crippen LogP) is 0.908. The molecule has 0 N–H and O–H groups in total. The molecule has 1 atom stereocenters. The van der Waals surface area contributed by atoms with E-state index in [2.05, 4.69) is 4.90 Å². The minimum absolute atomic E-state index is 0.120. The summed E-state index contributed by atoms with van der Waals surface area (Å²) in [4.78, 5) is 13.6. The lowest BCUT2D eigenvalue weighted by molar-refractivity contribution is -0.129. The first kappa shape index (κ1) is 12.6. The van der Waals surface area contributed by atoms with E-state index in [1.165, 1.54) is 0 Å². The maximum Gasteiger partial charge on any atom is 0.161 e. The summed E-state index contributed by atoms with van der Waals surface area (Å²) in [5.74, 6) is 0.320. The summed E-state index contributed by atoms with van der Waals surface area (Å²) in [5.41, 5.74) is 0. The lowest BCUT2D eigenvalue weighted by Crippen LogP contribution is -2.38. The van der Waals surface area contributed by atoms with Crippen molar-refractivity contribution in [2.75, 3.05) is 39.6 Å². The number of ketones is 1. The molecule has 15 heavy (non-hydrogen) atoms. The molecule has 0 aromatic carbocycles. The van der Waals surface area contributed by atoms with Crippen LogP contribution in [0.1, 0.15) is 20.3 Å². The minimum atomic E-state index is 0.120. The van der Waals surface area contributed by atoms with Crippen molar-refractivity contribution in [1.82, 2.24) is 4.90 Å². The van der Waals surface area contributed by atoms with E-state index in [-0.39, 0.29) is 18.3 Å². The van der Waals surface area contributed by atoms with Crippen LogP contribution in [0.25, 0.3) is 0 Å². The lowest BCUT2D eigenvalue weighted by Gasteiger charge is -2.26. The van der Waals surface area contributed by atoms with Crippen molar-refractivity contribution in [3.8, 4) is 0 Å². The smallest absolute Gasteiger partial charge is 0.161 e. The standard InChI is InChI=1S/C11H21NO3/c1-3-10(2)11(13)8-15-9-12-4-6-14-7-5-12/h10H,3-9H2,1-2H3. The van der Waals surface area contributed by atoms with Gasteiger partial charge in [-0.2, -0.15) is 0 Å². The summed E-state index contributed by atoms with van der Waals surface area (Å²) in [5, 5.41) is 0. The van der Waals surface area contributed by atoms with Crippen LogP contribution in [0.4, 0.5) is 0 Å². The summed E-state index contributed by atoms with van der Waals surface area (Å²) >= 11 is 0. The Balaban J connectivity index is 2.07. The number of Topliss-reactive ketones (excluding diaryl/α,β-unsaturated/α-hetero) is 1. The number of morpholine rings is 1. The molecular weight excluding hydrogens is 194 g/mol. The van der Waals surface area contributed by atoms with Gasteiger partial charge in [0.25, 0.3) is 0 Å². The van der Waals surface area contributed by atoms with Crippen LogP contribution in [0.3, 0.4) is 0 Å². The Hall–Kier alpha value is -0.450. The number of carbonyl (C=O) groups excluding carboxylic acids is 1. The molecule has 1 aliphatic heterocycles. The van der Waals surface area contributed by atoms with Crippen LogP contribution in [0.15, 0.2) is 0 Å². The van der Waals surface area contributed by atoms with E-state index in [1.54, 1.807) is 0 Å². The van der Waals surface area contributed by atoms with E-state index < -0.39 is 0 Å². The van der Waals surface area contributed by atoms with Gasteiger partial charge in [0.1, 0.15) is 6.61 Å². The number of ether oxygens (including phenoxy) is 2. The van der Waals surface area contributed by atoms with E-state index in [0.717, 1.165) is 32.7 Å². The van der Waals surface area contributed by atoms with Crippen LogP contribution >= 0.6 is 0 Å². The average molecular weight is 215 g/mol. The molecule has 1 heterocycles. The van der Waals surface area contributed by atoms with Crippen molar-refractivity contribution in [2.24, 2.45) is 5.92 Å². The van der Waals surface area contributed by atoms with Crippen LogP contribution in [-0.4, -0.2) is 50.3 Å². The highest BCUT2D eigenvalue weighted by molar-refractivity contribution is 5.81. The molecule has 0 aromatic rings. The van der Waals surface area contributed by atoms with Gasteiger partial charge in [0.15, 0.2) is 5.78 Å². The summed E-state index contributed by atoms with van der Waals surface area (Å²) in [6.45, 7) is 8.09. The molecule has 0 aromatic heterocycles. The molecule has 4 heteroatoms. The normalized spacial score (nSPS) is 20.1. The molecule has 1 rings (SSSR count). The third-order valence-electron chi connectivity index (χ3n) is 2.78. The van der Waals surface area contributed by atoms with Gasteiger partial charge in [-0.05, 0) is 6.42 Å². The van der Waals surface area contributed by atoms with Gasteiger partial charge >= 0.3 is 0 Å². The Morgan fingerprint density at radius 2 is 2.13 bits per heavy atom. The zero-order valence-corrected chi connectivity index (χ0v) is 9.70. The molecule has 0 spiro atoms. The molecule has 1 aliphatic rings. The first-order chi connectivity index (χ1) is 7.24. The highest BCUT2D eigenvalue weighted by atomic mass is 16.5. The van der Waals surface area contributed by atoms with Crippen molar-refractivity contribution >= 4 is 5.78 Å². The monoisotopic (exact) mass is 215 g/mol. The van der Waals surface area contributed by atoms with Crippen LogP contribution < -0.4 is 0 Å². The van der Waals surface area contributed by atoms with Gasteiger partial charge in [-0.3, -0.25) is 9.69 Å². The molecule has 1 saturated heterocycles. The van der Waals surface area contributed by atoms with Crippen molar-refractivity contribution in [3.05, 3.63) is 0 Å². The maximum atomic E-state index is 11.4. The van der Waals surface area contributed by atoms with Gasteiger partial charge in [0.2, 0.25) is 0 Å². The Bertz CT molecular complexity index is 190. The number of hydrogen-bond donors (Lipinski definition) is 0. The fourth-order valence-electron chi connectivity index (χ4n) is 1.38. The first-order valence-electron chi connectivity index (χ1n) is 5.64. The zero-order valence-electron chi connectivity index (χ0n) is 9.70. The van der Waals surface area contributed by atoms with E-state index in [4.69, 9.17) is 9.47 Å². The Labute approximate surface area is 91.5 Å². The molecule has 0 amide bonds. The third kappa shape index (κ3) is 4.73. The van der Waals surface area contributed by atoms with Crippen molar-refractivity contribution in [3.63, 3.8) is 0 Å². The second kappa shape index (κ2) is 6.93. The van der Waals surface area contributed by atoms with E-state index in [9.17, 15) is 4.79 Å². The van der Waals surface area contributed by atoms with E-state index in [0.29, 0.717) is 6.73 Å². The fraction of sp³-hybridized carbons (Fsp3) is 0.909. The average Bonchev–Trinajstić information content (AvgIpc) is 2.29. The minimum Gasteiger partial charge on any atom is -0.379 e. The van der Waals surface area contributed by atoms with Crippen LogP contribution in [0.5, 0.6) is 0 Å². The molecule has 0 aliphatic carbocycles. The van der Waals surface area contributed by atoms with Crippen LogP contribution in [-0.2, 0) is 14.3 Å². The quantitative estimate of drug-likeness (QED) is 0.660. The number of rotatable bonds is 6. The second-order valence-electron chi connectivity index (χ2n) is 3.98. The zero-order chi connectivity index (χ0) is 11.1. The maximum absolute atomic E-state index is 11.4. The number of nitrogens with zero attached hydrogens (tertiary/aromatic N) is 1. The Kier molecular flexibility index (Phi) is 5.83. The van der Waals surface area contributed by atoms with Gasteiger partial charge in [-0.15, -0.1) is 0 Å². The highest BCUT2D eigenvalue weighted by Crippen LogP contribution is 2.03. The van der Waals surface area contributed by atoms with E-state index >= 15 is 0 Å². The Morgan fingerprint density at radius 1 is 1.47 bits per heavy atom.